The summed E-state index contributed by atoms with van der Waals surface area (Å²) >= 11 is 5.92. The number of rotatable bonds is 3. The van der Waals surface area contributed by atoms with Gasteiger partial charge in [0.2, 0.25) is 0 Å². The van der Waals surface area contributed by atoms with Crippen LogP contribution in [0.4, 0.5) is 5.69 Å². The van der Waals surface area contributed by atoms with Crippen LogP contribution in [-0.2, 0) is 0 Å². The molecular weight excluding hydrogens is 306 g/mol. The summed E-state index contributed by atoms with van der Waals surface area (Å²) in [5.74, 6) is 0.173. The van der Waals surface area contributed by atoms with Crippen LogP contribution in [0.1, 0.15) is 5.56 Å². The number of ether oxygens (including phenoxy) is 1. The number of fused-ring (bicyclic) bond motifs is 1. The Morgan fingerprint density at radius 3 is 2.77 bits per heavy atom. The van der Waals surface area contributed by atoms with Crippen molar-refractivity contribution in [1.82, 2.24) is 9.97 Å². The van der Waals surface area contributed by atoms with Gasteiger partial charge in [-0.3, -0.25) is 4.99 Å². The van der Waals surface area contributed by atoms with Gasteiger partial charge in [-0.1, -0.05) is 11.6 Å². The summed E-state index contributed by atoms with van der Waals surface area (Å²) in [7, 11) is 1.45. The van der Waals surface area contributed by atoms with Crippen LogP contribution < -0.4 is 10.4 Å². The summed E-state index contributed by atoms with van der Waals surface area (Å²) in [6.45, 7) is 0. The molecule has 0 atom stereocenters. The van der Waals surface area contributed by atoms with Crippen molar-refractivity contribution in [3.63, 3.8) is 0 Å². The fraction of sp³-hybridized carbons (Fsp3) is 0.0667. The molecule has 112 valence electrons. The summed E-state index contributed by atoms with van der Waals surface area (Å²) in [6.07, 6.45) is 1.60. The van der Waals surface area contributed by atoms with Crippen LogP contribution in [0.15, 0.2) is 40.1 Å². The normalized spacial score (nSPS) is 11.4. The molecule has 7 heteroatoms. The van der Waals surface area contributed by atoms with Crippen molar-refractivity contribution in [1.29, 1.82) is 0 Å². The van der Waals surface area contributed by atoms with Crippen molar-refractivity contribution in [3.8, 4) is 11.5 Å². The Hall–Kier alpha value is -2.73. The summed E-state index contributed by atoms with van der Waals surface area (Å²) in [5.41, 5.74) is 2.50. The van der Waals surface area contributed by atoms with Gasteiger partial charge in [-0.25, -0.2) is 4.79 Å². The van der Waals surface area contributed by atoms with Crippen molar-refractivity contribution in [2.24, 2.45) is 4.99 Å². The number of halogens is 1. The molecule has 0 spiro atoms. The number of aromatic hydroxyl groups is 1. The first-order valence-electron chi connectivity index (χ1n) is 6.39. The van der Waals surface area contributed by atoms with Gasteiger partial charge in [0.15, 0.2) is 11.5 Å². The molecule has 0 aliphatic carbocycles. The maximum absolute atomic E-state index is 11.2. The number of benzene rings is 2. The monoisotopic (exact) mass is 317 g/mol. The maximum atomic E-state index is 11.2. The van der Waals surface area contributed by atoms with Gasteiger partial charge in [0.25, 0.3) is 0 Å². The van der Waals surface area contributed by atoms with E-state index in [-0.39, 0.29) is 22.2 Å². The number of aliphatic imine (C=N–C) groups is 1. The van der Waals surface area contributed by atoms with Crippen LogP contribution >= 0.6 is 11.6 Å². The second-order valence-corrected chi connectivity index (χ2v) is 5.03. The predicted octanol–water partition coefficient (Wildman–Crippen LogP) is 2.97. The molecule has 0 saturated heterocycles. The lowest BCUT2D eigenvalue weighted by Crippen LogP contribution is -1.99. The van der Waals surface area contributed by atoms with Crippen LogP contribution in [0.25, 0.3) is 11.0 Å². The third-order valence-electron chi connectivity index (χ3n) is 3.13. The van der Waals surface area contributed by atoms with Gasteiger partial charge in [0.1, 0.15) is 0 Å². The van der Waals surface area contributed by atoms with E-state index in [0.717, 1.165) is 5.52 Å². The van der Waals surface area contributed by atoms with Crippen LogP contribution in [0.2, 0.25) is 5.02 Å². The largest absolute Gasteiger partial charge is 0.503 e. The maximum Gasteiger partial charge on any atom is 0.323 e. The quantitative estimate of drug-likeness (QED) is 0.649. The molecule has 3 rings (SSSR count). The van der Waals surface area contributed by atoms with E-state index in [1.165, 1.54) is 7.11 Å². The number of phenolic OH excluding ortho intramolecular Hbond substituents is 1. The molecule has 0 bridgehead atoms. The highest BCUT2D eigenvalue weighted by atomic mass is 35.5. The van der Waals surface area contributed by atoms with Crippen molar-refractivity contribution in [2.75, 3.05) is 7.11 Å². The molecule has 0 amide bonds. The van der Waals surface area contributed by atoms with E-state index in [0.29, 0.717) is 16.8 Å². The molecule has 0 fully saturated rings. The molecule has 0 saturated carbocycles. The Morgan fingerprint density at radius 2 is 2.00 bits per heavy atom. The van der Waals surface area contributed by atoms with Crippen molar-refractivity contribution in [2.45, 2.75) is 0 Å². The van der Waals surface area contributed by atoms with Crippen molar-refractivity contribution in [3.05, 3.63) is 51.4 Å². The molecule has 3 aromatic rings. The van der Waals surface area contributed by atoms with E-state index in [9.17, 15) is 9.90 Å². The number of aromatic amines is 2. The molecule has 0 unspecified atom stereocenters. The predicted molar refractivity (Wildman–Crippen MR) is 85.8 cm³/mol. The minimum atomic E-state index is -0.258. The molecule has 0 aliphatic heterocycles. The number of imidazole rings is 1. The molecule has 2 aromatic carbocycles. The van der Waals surface area contributed by atoms with E-state index < -0.39 is 0 Å². The number of aromatic nitrogens is 2. The van der Waals surface area contributed by atoms with E-state index in [4.69, 9.17) is 16.3 Å². The van der Waals surface area contributed by atoms with Gasteiger partial charge in [0, 0.05) is 6.21 Å². The number of hydrogen-bond acceptors (Lipinski definition) is 4. The Bertz CT molecular complexity index is 927. The molecule has 1 heterocycles. The van der Waals surface area contributed by atoms with Crippen LogP contribution in [0.5, 0.6) is 11.5 Å². The first kappa shape index (κ1) is 14.2. The zero-order valence-corrected chi connectivity index (χ0v) is 12.3. The fourth-order valence-electron chi connectivity index (χ4n) is 2.07. The fourth-order valence-corrected chi connectivity index (χ4v) is 2.29. The van der Waals surface area contributed by atoms with Crippen LogP contribution in [0.3, 0.4) is 0 Å². The molecule has 0 aliphatic rings. The van der Waals surface area contributed by atoms with Gasteiger partial charge >= 0.3 is 5.69 Å². The van der Waals surface area contributed by atoms with Gasteiger partial charge in [-0.15, -0.1) is 0 Å². The Labute approximate surface area is 130 Å². The number of hydrogen-bond donors (Lipinski definition) is 3. The molecule has 22 heavy (non-hydrogen) atoms. The molecule has 1 aromatic heterocycles. The highest BCUT2D eigenvalue weighted by Crippen LogP contribution is 2.34. The van der Waals surface area contributed by atoms with Gasteiger partial charge in [0.05, 0.1) is 28.9 Å². The minimum Gasteiger partial charge on any atom is -0.503 e. The van der Waals surface area contributed by atoms with Crippen LogP contribution in [-0.4, -0.2) is 28.4 Å². The Morgan fingerprint density at radius 1 is 1.23 bits per heavy atom. The number of phenols is 1. The van der Waals surface area contributed by atoms with Gasteiger partial charge in [-0.2, -0.15) is 0 Å². The lowest BCUT2D eigenvalue weighted by Gasteiger charge is -2.05. The summed E-state index contributed by atoms with van der Waals surface area (Å²) < 4.78 is 5.04. The van der Waals surface area contributed by atoms with Crippen molar-refractivity contribution >= 4 is 34.5 Å². The van der Waals surface area contributed by atoms with E-state index in [1.807, 2.05) is 0 Å². The smallest absolute Gasteiger partial charge is 0.323 e. The number of methoxy groups -OCH3 is 1. The second-order valence-electron chi connectivity index (χ2n) is 4.62. The van der Waals surface area contributed by atoms with E-state index in [2.05, 4.69) is 15.0 Å². The minimum absolute atomic E-state index is 0.104. The van der Waals surface area contributed by atoms with E-state index >= 15 is 0 Å². The highest BCUT2D eigenvalue weighted by Gasteiger charge is 2.07. The third kappa shape index (κ3) is 2.68. The average Bonchev–Trinajstić information content (AvgIpc) is 2.87. The lowest BCUT2D eigenvalue weighted by atomic mass is 10.2. The highest BCUT2D eigenvalue weighted by molar-refractivity contribution is 6.32. The SMILES string of the molecule is COc1cc(C=Nc2ccc3[nH]c(=O)[nH]c3c2)cc(Cl)c1O. The Kier molecular flexibility index (Phi) is 3.60. The molecule has 3 N–H and O–H groups in total. The average molecular weight is 318 g/mol. The summed E-state index contributed by atoms with van der Waals surface area (Å²) in [5, 5.41) is 9.88. The number of nitrogens with zero attached hydrogens (tertiary/aromatic N) is 1. The molecule has 0 radical (unpaired) electrons. The van der Waals surface area contributed by atoms with E-state index in [1.54, 1.807) is 36.5 Å². The molecular formula is C15H12ClN3O3. The zero-order chi connectivity index (χ0) is 15.7. The summed E-state index contributed by atoms with van der Waals surface area (Å²) in [6, 6.07) is 8.51. The first-order chi connectivity index (χ1) is 10.6. The second kappa shape index (κ2) is 5.57. The van der Waals surface area contributed by atoms with Crippen molar-refractivity contribution < 1.29 is 9.84 Å². The van der Waals surface area contributed by atoms with Gasteiger partial charge < -0.3 is 19.8 Å². The van der Waals surface area contributed by atoms with Crippen LogP contribution in [0, 0.1) is 0 Å². The number of nitrogens with one attached hydrogen (secondary N) is 2. The standard InChI is InChI=1S/C15H12ClN3O3/c1-22-13-5-8(4-10(16)14(13)20)7-17-9-2-3-11-12(6-9)19-15(21)18-11/h2-7,20H,1H3,(H2,18,19,21). The summed E-state index contributed by atoms with van der Waals surface area (Å²) in [4.78, 5) is 20.9. The molecule has 6 nitrogen and oxygen atoms in total. The van der Waals surface area contributed by atoms with Gasteiger partial charge in [-0.05, 0) is 35.9 Å². The lowest BCUT2D eigenvalue weighted by molar-refractivity contribution is 0.373. The first-order valence-corrected chi connectivity index (χ1v) is 6.77. The number of H-pyrrole nitrogens is 2. The third-order valence-corrected chi connectivity index (χ3v) is 3.42. The Balaban J connectivity index is 1.95. The topological polar surface area (TPSA) is 90.5 Å². The zero-order valence-electron chi connectivity index (χ0n) is 11.6.